The molecule has 5 rings (SSSR count). The number of ether oxygens (including phenoxy) is 1. The topological polar surface area (TPSA) is 83.1 Å². The van der Waals surface area contributed by atoms with Gasteiger partial charge in [0.05, 0.1) is 18.0 Å². The minimum absolute atomic E-state index is 0.0233. The number of nitrogens with zero attached hydrogens (tertiary/aromatic N) is 4. The molecular weight excluding hydrogens is 420 g/mol. The minimum Gasteiger partial charge on any atom is -0.464 e. The van der Waals surface area contributed by atoms with Crippen LogP contribution in [0.15, 0.2) is 42.5 Å². The summed E-state index contributed by atoms with van der Waals surface area (Å²) in [5.74, 6) is -0.854. The second-order valence-electron chi connectivity index (χ2n) is 8.92. The third kappa shape index (κ3) is 4.61. The van der Waals surface area contributed by atoms with Crippen molar-refractivity contribution in [2.45, 2.75) is 44.8 Å². The predicted molar refractivity (Wildman–Crippen MR) is 121 cm³/mol. The fourth-order valence-corrected chi connectivity index (χ4v) is 4.79. The number of benzene rings is 1. The summed E-state index contributed by atoms with van der Waals surface area (Å²) in [6.45, 7) is 3.68. The maximum atomic E-state index is 12.8. The number of carbonyl (C=O) groups excluding carboxylic acids is 3. The van der Waals surface area contributed by atoms with E-state index in [-0.39, 0.29) is 19.1 Å². The van der Waals surface area contributed by atoms with E-state index in [2.05, 4.69) is 11.0 Å². The molecule has 3 saturated heterocycles. The van der Waals surface area contributed by atoms with Crippen molar-refractivity contribution in [3.05, 3.63) is 53.7 Å². The Morgan fingerprint density at radius 2 is 1.73 bits per heavy atom. The molecule has 0 aliphatic carbocycles. The van der Waals surface area contributed by atoms with E-state index in [1.54, 1.807) is 0 Å². The van der Waals surface area contributed by atoms with E-state index in [0.29, 0.717) is 13.0 Å². The van der Waals surface area contributed by atoms with Gasteiger partial charge in [-0.2, -0.15) is 0 Å². The molecule has 3 aliphatic rings. The van der Waals surface area contributed by atoms with Gasteiger partial charge in [-0.15, -0.1) is 0 Å². The number of pyridine rings is 1. The van der Waals surface area contributed by atoms with E-state index in [0.717, 1.165) is 47.0 Å². The van der Waals surface area contributed by atoms with Crippen molar-refractivity contribution in [2.24, 2.45) is 0 Å². The Bertz CT molecular complexity index is 1050. The lowest BCUT2D eigenvalue weighted by Gasteiger charge is -2.26. The number of urea groups is 1. The number of piperidine rings is 1. The van der Waals surface area contributed by atoms with Crippen molar-refractivity contribution < 1.29 is 19.1 Å². The second kappa shape index (κ2) is 9.31. The molecule has 1 aromatic heterocycles. The van der Waals surface area contributed by atoms with Crippen LogP contribution in [0.5, 0.6) is 0 Å². The molecule has 2 aromatic rings. The summed E-state index contributed by atoms with van der Waals surface area (Å²) in [7, 11) is 0. The van der Waals surface area contributed by atoms with Crippen LogP contribution in [-0.4, -0.2) is 69.9 Å². The smallest absolute Gasteiger partial charge is 0.329 e. The summed E-state index contributed by atoms with van der Waals surface area (Å²) in [5, 5.41) is 0. The van der Waals surface area contributed by atoms with Crippen LogP contribution < -0.4 is 0 Å². The molecule has 33 heavy (non-hydrogen) atoms. The standard InChI is InChI=1S/C25H28N4O4/c30-23-17-28(25(32)29(23)22-11-14-33-24(22)31)15-18-7-9-19(10-8-18)21-6-4-5-20(26-21)16-27-12-2-1-3-13-27/h4-10,22H,1-3,11-17H2. The fourth-order valence-electron chi connectivity index (χ4n) is 4.79. The third-order valence-corrected chi connectivity index (χ3v) is 6.55. The van der Waals surface area contributed by atoms with Crippen LogP contribution in [0.1, 0.15) is 36.9 Å². The maximum Gasteiger partial charge on any atom is 0.329 e. The summed E-state index contributed by atoms with van der Waals surface area (Å²) in [6, 6.07) is 12.8. The lowest BCUT2D eigenvalue weighted by Crippen LogP contribution is -2.43. The molecule has 0 bridgehead atoms. The summed E-state index contributed by atoms with van der Waals surface area (Å²) in [5.41, 5.74) is 3.93. The SMILES string of the molecule is O=C1OCCC1N1C(=O)CN(Cc2ccc(-c3cccc(CN4CCCCC4)n3)cc2)C1=O. The molecule has 3 aliphatic heterocycles. The van der Waals surface area contributed by atoms with Crippen molar-refractivity contribution in [3.8, 4) is 11.3 Å². The van der Waals surface area contributed by atoms with Crippen molar-refractivity contribution in [3.63, 3.8) is 0 Å². The highest BCUT2D eigenvalue weighted by atomic mass is 16.5. The van der Waals surface area contributed by atoms with Crippen molar-refractivity contribution >= 4 is 17.9 Å². The fraction of sp³-hybridized carbons (Fsp3) is 0.440. The van der Waals surface area contributed by atoms with E-state index in [1.807, 2.05) is 36.4 Å². The predicted octanol–water partition coefficient (Wildman–Crippen LogP) is 2.81. The average Bonchev–Trinajstić information content (AvgIpc) is 3.36. The molecule has 0 saturated carbocycles. The van der Waals surface area contributed by atoms with E-state index < -0.39 is 18.0 Å². The van der Waals surface area contributed by atoms with Gasteiger partial charge in [0.1, 0.15) is 12.6 Å². The lowest BCUT2D eigenvalue weighted by atomic mass is 10.1. The number of esters is 1. The Morgan fingerprint density at radius 1 is 0.939 bits per heavy atom. The molecule has 0 N–H and O–H groups in total. The van der Waals surface area contributed by atoms with Gasteiger partial charge >= 0.3 is 12.0 Å². The third-order valence-electron chi connectivity index (χ3n) is 6.55. The van der Waals surface area contributed by atoms with Gasteiger partial charge < -0.3 is 9.64 Å². The highest BCUT2D eigenvalue weighted by Crippen LogP contribution is 2.24. The normalized spacial score (nSPS) is 21.7. The van der Waals surface area contributed by atoms with Crippen LogP contribution >= 0.6 is 0 Å². The molecule has 3 fully saturated rings. The van der Waals surface area contributed by atoms with Crippen LogP contribution in [0.3, 0.4) is 0 Å². The first-order chi connectivity index (χ1) is 16.1. The monoisotopic (exact) mass is 448 g/mol. The average molecular weight is 449 g/mol. The van der Waals surface area contributed by atoms with Gasteiger partial charge in [0.15, 0.2) is 0 Å². The molecule has 4 heterocycles. The van der Waals surface area contributed by atoms with Crippen LogP contribution in [-0.2, 0) is 27.4 Å². The Balaban J connectivity index is 1.24. The second-order valence-corrected chi connectivity index (χ2v) is 8.92. The number of amides is 3. The van der Waals surface area contributed by atoms with Gasteiger partial charge in [-0.3, -0.25) is 14.7 Å². The van der Waals surface area contributed by atoms with Crippen LogP contribution in [0, 0.1) is 0 Å². The Labute approximate surface area is 193 Å². The van der Waals surface area contributed by atoms with Crippen molar-refractivity contribution in [2.75, 3.05) is 26.2 Å². The number of carbonyl (C=O) groups is 3. The van der Waals surface area contributed by atoms with E-state index >= 15 is 0 Å². The zero-order valence-corrected chi connectivity index (χ0v) is 18.6. The number of cyclic esters (lactones) is 1. The van der Waals surface area contributed by atoms with Gasteiger partial charge in [0.2, 0.25) is 0 Å². The molecule has 0 radical (unpaired) electrons. The van der Waals surface area contributed by atoms with Gasteiger partial charge in [0, 0.05) is 25.1 Å². The van der Waals surface area contributed by atoms with Gasteiger partial charge in [0.25, 0.3) is 5.91 Å². The molecule has 8 nitrogen and oxygen atoms in total. The van der Waals surface area contributed by atoms with E-state index in [1.165, 1.54) is 24.2 Å². The van der Waals surface area contributed by atoms with E-state index in [9.17, 15) is 14.4 Å². The first kappa shape index (κ1) is 21.6. The van der Waals surface area contributed by atoms with E-state index in [4.69, 9.17) is 9.72 Å². The van der Waals surface area contributed by atoms with Crippen LogP contribution in [0.25, 0.3) is 11.3 Å². The first-order valence-corrected chi connectivity index (χ1v) is 11.6. The van der Waals surface area contributed by atoms with Gasteiger partial charge in [-0.25, -0.2) is 14.5 Å². The Morgan fingerprint density at radius 3 is 2.45 bits per heavy atom. The first-order valence-electron chi connectivity index (χ1n) is 11.6. The molecule has 1 unspecified atom stereocenters. The minimum atomic E-state index is -0.791. The largest absolute Gasteiger partial charge is 0.464 e. The summed E-state index contributed by atoms with van der Waals surface area (Å²) in [4.78, 5) is 46.8. The van der Waals surface area contributed by atoms with Crippen LogP contribution in [0.4, 0.5) is 4.79 Å². The summed E-state index contributed by atoms with van der Waals surface area (Å²) in [6.07, 6.45) is 4.20. The zero-order chi connectivity index (χ0) is 22.8. The summed E-state index contributed by atoms with van der Waals surface area (Å²) >= 11 is 0. The number of hydrogen-bond acceptors (Lipinski definition) is 6. The molecular formula is C25H28N4O4. The maximum absolute atomic E-state index is 12.8. The lowest BCUT2D eigenvalue weighted by molar-refractivity contribution is -0.144. The number of rotatable bonds is 6. The molecule has 172 valence electrons. The van der Waals surface area contributed by atoms with Crippen LogP contribution in [0.2, 0.25) is 0 Å². The molecule has 1 atom stereocenters. The highest BCUT2D eigenvalue weighted by Gasteiger charge is 2.45. The molecule has 1 aromatic carbocycles. The molecule has 3 amide bonds. The summed E-state index contributed by atoms with van der Waals surface area (Å²) < 4.78 is 4.92. The Kier molecular flexibility index (Phi) is 6.09. The van der Waals surface area contributed by atoms with Crippen molar-refractivity contribution in [1.82, 2.24) is 19.7 Å². The molecule has 0 spiro atoms. The molecule has 8 heteroatoms. The zero-order valence-electron chi connectivity index (χ0n) is 18.6. The number of aromatic nitrogens is 1. The number of hydrogen-bond donors (Lipinski definition) is 0. The highest BCUT2D eigenvalue weighted by molar-refractivity contribution is 6.05. The van der Waals surface area contributed by atoms with Gasteiger partial charge in [-0.1, -0.05) is 36.8 Å². The number of imide groups is 1. The Hall–Kier alpha value is -3.26. The number of likely N-dealkylation sites (tertiary alicyclic amines) is 1. The van der Waals surface area contributed by atoms with Gasteiger partial charge in [-0.05, 0) is 43.6 Å². The van der Waals surface area contributed by atoms with Crippen molar-refractivity contribution in [1.29, 1.82) is 0 Å². The quantitative estimate of drug-likeness (QED) is 0.499.